The third-order valence-electron chi connectivity index (χ3n) is 4.66. The van der Waals surface area contributed by atoms with E-state index in [-0.39, 0.29) is 24.7 Å². The van der Waals surface area contributed by atoms with Crippen LogP contribution in [0.2, 0.25) is 0 Å². The van der Waals surface area contributed by atoms with E-state index in [1.165, 1.54) is 12.3 Å². The molecular formula is C21H24N2O5. The third kappa shape index (κ3) is 5.45. The van der Waals surface area contributed by atoms with Crippen molar-refractivity contribution in [1.82, 2.24) is 10.2 Å². The Kier molecular flexibility index (Phi) is 6.84. The van der Waals surface area contributed by atoms with Gasteiger partial charge in [-0.1, -0.05) is 30.3 Å². The van der Waals surface area contributed by atoms with Crippen LogP contribution >= 0.6 is 0 Å². The fourth-order valence-corrected chi connectivity index (χ4v) is 3.15. The van der Waals surface area contributed by atoms with Gasteiger partial charge < -0.3 is 19.4 Å². The van der Waals surface area contributed by atoms with Gasteiger partial charge in [0.15, 0.2) is 12.4 Å². The van der Waals surface area contributed by atoms with E-state index in [9.17, 15) is 14.4 Å². The number of hydrogen-bond donors (Lipinski definition) is 1. The number of carbonyl (C=O) groups is 3. The second-order valence-corrected chi connectivity index (χ2v) is 6.74. The maximum absolute atomic E-state index is 12.6. The lowest BCUT2D eigenvalue weighted by Gasteiger charge is -2.26. The van der Waals surface area contributed by atoms with Crippen molar-refractivity contribution in [2.75, 3.05) is 19.7 Å². The van der Waals surface area contributed by atoms with Crippen LogP contribution in [0.5, 0.6) is 0 Å². The summed E-state index contributed by atoms with van der Waals surface area (Å²) >= 11 is 0. The summed E-state index contributed by atoms with van der Waals surface area (Å²) in [6.45, 7) is 1.07. The molecule has 2 heterocycles. The SMILES string of the molecule is O=C(NC(Cc1ccccc1)C(=O)OCC(=O)N1CCCCC1)c1ccco1. The highest BCUT2D eigenvalue weighted by Gasteiger charge is 2.26. The fourth-order valence-electron chi connectivity index (χ4n) is 3.15. The standard InChI is InChI=1S/C21H24N2O5/c24-19(23-11-5-2-6-12-23)15-28-21(26)17(14-16-8-3-1-4-9-16)22-20(25)18-10-7-13-27-18/h1,3-4,7-10,13,17H,2,5-6,11-12,14-15H2,(H,22,25). The quantitative estimate of drug-likeness (QED) is 0.739. The van der Waals surface area contributed by atoms with Gasteiger partial charge in [0, 0.05) is 19.5 Å². The number of nitrogens with one attached hydrogen (secondary N) is 1. The van der Waals surface area contributed by atoms with Crippen LogP contribution in [0, 0.1) is 0 Å². The van der Waals surface area contributed by atoms with Crippen molar-refractivity contribution in [2.45, 2.75) is 31.7 Å². The average Bonchev–Trinajstić information content (AvgIpc) is 3.28. The Morgan fingerprint density at radius 2 is 1.79 bits per heavy atom. The minimum Gasteiger partial charge on any atom is -0.459 e. The second-order valence-electron chi connectivity index (χ2n) is 6.74. The lowest BCUT2D eigenvalue weighted by atomic mass is 10.1. The van der Waals surface area contributed by atoms with Gasteiger partial charge in [-0.25, -0.2) is 4.79 Å². The van der Waals surface area contributed by atoms with Crippen LogP contribution in [0.1, 0.15) is 35.4 Å². The van der Waals surface area contributed by atoms with Crippen molar-refractivity contribution in [2.24, 2.45) is 0 Å². The van der Waals surface area contributed by atoms with E-state index in [4.69, 9.17) is 9.15 Å². The van der Waals surface area contributed by atoms with E-state index in [1.807, 2.05) is 30.3 Å². The Balaban J connectivity index is 1.62. The first kappa shape index (κ1) is 19.7. The van der Waals surface area contributed by atoms with Crippen LogP contribution in [0.3, 0.4) is 0 Å². The Morgan fingerprint density at radius 1 is 1.04 bits per heavy atom. The highest BCUT2D eigenvalue weighted by atomic mass is 16.5. The number of piperidine rings is 1. The highest BCUT2D eigenvalue weighted by molar-refractivity contribution is 5.94. The Labute approximate surface area is 163 Å². The molecule has 0 bridgehead atoms. The number of benzene rings is 1. The van der Waals surface area contributed by atoms with Crippen molar-refractivity contribution >= 4 is 17.8 Å². The average molecular weight is 384 g/mol. The van der Waals surface area contributed by atoms with Gasteiger partial charge in [-0.05, 0) is 37.0 Å². The number of ether oxygens (including phenoxy) is 1. The molecule has 1 aliphatic heterocycles. The van der Waals surface area contributed by atoms with Gasteiger partial charge in [0.25, 0.3) is 11.8 Å². The molecule has 7 heteroatoms. The smallest absolute Gasteiger partial charge is 0.329 e. The number of nitrogens with zero attached hydrogens (tertiary/aromatic N) is 1. The summed E-state index contributed by atoms with van der Waals surface area (Å²) in [5, 5.41) is 2.64. The molecule has 0 radical (unpaired) electrons. The number of hydrogen-bond acceptors (Lipinski definition) is 5. The number of carbonyl (C=O) groups excluding carboxylic acids is 3. The van der Waals surface area contributed by atoms with E-state index in [0.717, 1.165) is 24.8 Å². The lowest BCUT2D eigenvalue weighted by molar-refractivity contribution is -0.153. The van der Waals surface area contributed by atoms with Crippen LogP contribution in [-0.2, 0) is 20.7 Å². The van der Waals surface area contributed by atoms with Gasteiger partial charge in [-0.2, -0.15) is 0 Å². The molecule has 1 aromatic carbocycles. The predicted molar refractivity (Wildman–Crippen MR) is 101 cm³/mol. The van der Waals surface area contributed by atoms with Gasteiger partial charge in [0.05, 0.1) is 6.26 Å². The minimum atomic E-state index is -0.922. The Morgan fingerprint density at radius 3 is 2.46 bits per heavy atom. The summed E-state index contributed by atoms with van der Waals surface area (Å²) in [4.78, 5) is 38.9. The lowest BCUT2D eigenvalue weighted by Crippen LogP contribution is -2.45. The molecule has 3 rings (SSSR count). The molecule has 2 amide bonds. The first-order valence-electron chi connectivity index (χ1n) is 9.46. The second kappa shape index (κ2) is 9.73. The zero-order valence-electron chi connectivity index (χ0n) is 15.6. The highest BCUT2D eigenvalue weighted by Crippen LogP contribution is 2.10. The molecule has 7 nitrogen and oxygen atoms in total. The van der Waals surface area contributed by atoms with Crippen LogP contribution < -0.4 is 5.32 Å². The number of rotatable bonds is 7. The molecule has 1 fully saturated rings. The number of esters is 1. The van der Waals surface area contributed by atoms with E-state index in [1.54, 1.807) is 11.0 Å². The molecule has 1 unspecified atom stereocenters. The van der Waals surface area contributed by atoms with Crippen LogP contribution in [-0.4, -0.2) is 48.4 Å². The molecule has 2 aromatic rings. The molecule has 0 aliphatic carbocycles. The molecule has 0 saturated carbocycles. The summed E-state index contributed by atoms with van der Waals surface area (Å²) in [5.41, 5.74) is 0.867. The summed E-state index contributed by atoms with van der Waals surface area (Å²) in [6, 6.07) is 11.5. The summed E-state index contributed by atoms with van der Waals surface area (Å²) in [6.07, 6.45) is 4.69. The van der Waals surface area contributed by atoms with E-state index in [2.05, 4.69) is 5.32 Å². The number of likely N-dealkylation sites (tertiary alicyclic amines) is 1. The molecule has 28 heavy (non-hydrogen) atoms. The maximum Gasteiger partial charge on any atom is 0.329 e. The fraction of sp³-hybridized carbons (Fsp3) is 0.381. The maximum atomic E-state index is 12.6. The summed E-state index contributed by atoms with van der Waals surface area (Å²) in [5.74, 6) is -1.25. The number of furan rings is 1. The van der Waals surface area contributed by atoms with Crippen LogP contribution in [0.15, 0.2) is 53.1 Å². The molecule has 1 saturated heterocycles. The van der Waals surface area contributed by atoms with Gasteiger partial charge >= 0.3 is 5.97 Å². The molecule has 148 valence electrons. The zero-order chi connectivity index (χ0) is 19.8. The largest absolute Gasteiger partial charge is 0.459 e. The van der Waals surface area contributed by atoms with E-state index >= 15 is 0 Å². The van der Waals surface area contributed by atoms with Gasteiger partial charge in [-0.15, -0.1) is 0 Å². The monoisotopic (exact) mass is 384 g/mol. The first-order valence-corrected chi connectivity index (χ1v) is 9.46. The van der Waals surface area contributed by atoms with Gasteiger partial charge in [0.1, 0.15) is 6.04 Å². The third-order valence-corrected chi connectivity index (χ3v) is 4.66. The van der Waals surface area contributed by atoms with Crippen molar-refractivity contribution in [3.8, 4) is 0 Å². The molecule has 1 aliphatic rings. The predicted octanol–water partition coefficient (Wildman–Crippen LogP) is 2.18. The zero-order valence-corrected chi connectivity index (χ0v) is 15.6. The van der Waals surface area contributed by atoms with Gasteiger partial charge in [-0.3, -0.25) is 9.59 Å². The molecular weight excluding hydrogens is 360 g/mol. The summed E-state index contributed by atoms with van der Waals surface area (Å²) in [7, 11) is 0. The normalized spacial score (nSPS) is 14.9. The number of amides is 2. The first-order chi connectivity index (χ1) is 13.6. The van der Waals surface area contributed by atoms with Crippen LogP contribution in [0.25, 0.3) is 0 Å². The topological polar surface area (TPSA) is 88.8 Å². The Bertz CT molecular complexity index is 782. The van der Waals surface area contributed by atoms with Crippen molar-refractivity contribution < 1.29 is 23.5 Å². The molecule has 0 spiro atoms. The molecule has 1 N–H and O–H groups in total. The van der Waals surface area contributed by atoms with Crippen molar-refractivity contribution in [3.63, 3.8) is 0 Å². The van der Waals surface area contributed by atoms with E-state index < -0.39 is 17.9 Å². The van der Waals surface area contributed by atoms with Crippen molar-refractivity contribution in [3.05, 3.63) is 60.1 Å². The minimum absolute atomic E-state index is 0.107. The van der Waals surface area contributed by atoms with E-state index in [0.29, 0.717) is 13.1 Å². The molecule has 1 aromatic heterocycles. The van der Waals surface area contributed by atoms with Crippen LogP contribution in [0.4, 0.5) is 0 Å². The summed E-state index contributed by atoms with van der Waals surface area (Å²) < 4.78 is 10.3. The van der Waals surface area contributed by atoms with Gasteiger partial charge in [0.2, 0.25) is 0 Å². The van der Waals surface area contributed by atoms with Crippen molar-refractivity contribution in [1.29, 1.82) is 0 Å². The molecule has 1 atom stereocenters. The Hall–Kier alpha value is -3.09.